The first kappa shape index (κ1) is 20.7. The van der Waals surface area contributed by atoms with Gasteiger partial charge in [0.1, 0.15) is 17.3 Å². The molecule has 1 aliphatic heterocycles. The topological polar surface area (TPSA) is 79.2 Å². The number of nitriles is 1. The molecule has 0 unspecified atom stereocenters. The Labute approximate surface area is 192 Å². The van der Waals surface area contributed by atoms with Crippen molar-refractivity contribution in [2.45, 2.75) is 18.8 Å². The molecule has 1 saturated heterocycles. The number of fused-ring (bicyclic) bond motifs is 1. The van der Waals surface area contributed by atoms with E-state index in [4.69, 9.17) is 5.10 Å². The first-order valence-electron chi connectivity index (χ1n) is 11.0. The van der Waals surface area contributed by atoms with Gasteiger partial charge < -0.3 is 4.90 Å². The number of aryl methyl sites for hydroxylation is 1. The summed E-state index contributed by atoms with van der Waals surface area (Å²) in [5.41, 5.74) is 6.19. The molecular formula is C26H24N6O. The maximum Gasteiger partial charge on any atom is 0.245 e. The van der Waals surface area contributed by atoms with Crippen molar-refractivity contribution in [2.75, 3.05) is 13.1 Å². The summed E-state index contributed by atoms with van der Waals surface area (Å²) in [7, 11) is 1.88. The highest BCUT2D eigenvalue weighted by molar-refractivity contribution is 5.87. The minimum atomic E-state index is 0.00589. The van der Waals surface area contributed by atoms with Gasteiger partial charge in [0.05, 0.1) is 11.7 Å². The van der Waals surface area contributed by atoms with Crippen molar-refractivity contribution in [3.63, 3.8) is 0 Å². The summed E-state index contributed by atoms with van der Waals surface area (Å²) >= 11 is 0. The van der Waals surface area contributed by atoms with E-state index in [1.54, 1.807) is 9.20 Å². The molecule has 33 heavy (non-hydrogen) atoms. The van der Waals surface area contributed by atoms with Crippen LogP contribution in [0.5, 0.6) is 0 Å². The van der Waals surface area contributed by atoms with Crippen molar-refractivity contribution >= 4 is 11.4 Å². The Morgan fingerprint density at radius 2 is 1.82 bits per heavy atom. The summed E-state index contributed by atoms with van der Waals surface area (Å²) in [5.74, 6) is 0.429. The zero-order valence-electron chi connectivity index (χ0n) is 18.5. The Bertz CT molecular complexity index is 1380. The summed E-state index contributed by atoms with van der Waals surface area (Å²) in [6.45, 7) is 5.08. The summed E-state index contributed by atoms with van der Waals surface area (Å²) in [5, 5.41) is 18.8. The number of hydrogen-bond acceptors (Lipinski definition) is 4. The number of piperidine rings is 1. The number of aromatic nitrogens is 4. The fourth-order valence-corrected chi connectivity index (χ4v) is 4.58. The third-order valence-electron chi connectivity index (χ3n) is 6.42. The van der Waals surface area contributed by atoms with Crippen LogP contribution in [0.2, 0.25) is 0 Å². The van der Waals surface area contributed by atoms with Crippen molar-refractivity contribution in [1.82, 2.24) is 24.3 Å². The molecule has 0 atom stereocenters. The summed E-state index contributed by atoms with van der Waals surface area (Å²) in [6, 6.07) is 14.6. The van der Waals surface area contributed by atoms with Gasteiger partial charge >= 0.3 is 0 Å². The van der Waals surface area contributed by atoms with E-state index in [2.05, 4.69) is 29.9 Å². The van der Waals surface area contributed by atoms with Crippen LogP contribution < -0.4 is 0 Å². The molecule has 3 aromatic heterocycles. The standard InChI is InChI=1S/C26H24N6O/c1-3-25(33)31-12-10-19(11-13-31)18-4-6-20(7-5-18)26-23(14-27)24-9-8-21(17-32(24)29-26)22-15-28-30(2)16-22/h3-9,15-17,19H,1,10-13H2,2H3. The van der Waals surface area contributed by atoms with Crippen molar-refractivity contribution in [3.05, 3.63) is 78.8 Å². The van der Waals surface area contributed by atoms with Gasteiger partial charge in [0, 0.05) is 49.2 Å². The molecule has 0 saturated carbocycles. The molecule has 164 valence electrons. The van der Waals surface area contributed by atoms with E-state index in [1.165, 1.54) is 11.6 Å². The van der Waals surface area contributed by atoms with Crippen molar-refractivity contribution in [1.29, 1.82) is 5.26 Å². The number of rotatable bonds is 4. The van der Waals surface area contributed by atoms with E-state index < -0.39 is 0 Å². The third-order valence-corrected chi connectivity index (χ3v) is 6.42. The van der Waals surface area contributed by atoms with Crippen LogP contribution in [0, 0.1) is 11.3 Å². The third kappa shape index (κ3) is 3.80. The Hall–Kier alpha value is -4.18. The molecule has 7 nitrogen and oxygen atoms in total. The molecule has 7 heteroatoms. The molecule has 1 fully saturated rings. The number of amides is 1. The lowest BCUT2D eigenvalue weighted by atomic mass is 9.88. The fraction of sp³-hybridized carbons (Fsp3) is 0.231. The van der Waals surface area contributed by atoms with E-state index in [0.717, 1.165) is 48.1 Å². The smallest absolute Gasteiger partial charge is 0.245 e. The minimum Gasteiger partial charge on any atom is -0.339 e. The predicted molar refractivity (Wildman–Crippen MR) is 126 cm³/mol. The maximum absolute atomic E-state index is 11.8. The predicted octanol–water partition coefficient (Wildman–Crippen LogP) is 4.17. The molecule has 1 aromatic carbocycles. The van der Waals surface area contributed by atoms with Gasteiger partial charge in [0.25, 0.3) is 0 Å². The molecule has 1 amide bonds. The first-order chi connectivity index (χ1) is 16.1. The molecule has 0 bridgehead atoms. The number of benzene rings is 1. The average molecular weight is 437 g/mol. The molecule has 4 aromatic rings. The second-order valence-electron chi connectivity index (χ2n) is 8.41. The number of nitrogens with zero attached hydrogens (tertiary/aromatic N) is 6. The van der Waals surface area contributed by atoms with Gasteiger partial charge in [-0.1, -0.05) is 36.9 Å². The monoisotopic (exact) mass is 436 g/mol. The van der Waals surface area contributed by atoms with Crippen LogP contribution in [0.4, 0.5) is 0 Å². The molecule has 5 rings (SSSR count). The molecule has 0 spiro atoms. The van der Waals surface area contributed by atoms with E-state index in [-0.39, 0.29) is 5.91 Å². The lowest BCUT2D eigenvalue weighted by molar-refractivity contribution is -0.127. The van der Waals surface area contributed by atoms with Gasteiger partial charge in [-0.2, -0.15) is 15.5 Å². The maximum atomic E-state index is 11.8. The Kier molecular flexibility index (Phi) is 5.27. The Morgan fingerprint density at radius 1 is 1.09 bits per heavy atom. The van der Waals surface area contributed by atoms with Crippen molar-refractivity contribution in [2.24, 2.45) is 7.05 Å². The van der Waals surface area contributed by atoms with Crippen LogP contribution in [-0.2, 0) is 11.8 Å². The normalized spacial score (nSPS) is 14.4. The number of pyridine rings is 1. The van der Waals surface area contributed by atoms with E-state index in [1.807, 2.05) is 54.8 Å². The van der Waals surface area contributed by atoms with Gasteiger partial charge in [-0.05, 0) is 36.5 Å². The van der Waals surface area contributed by atoms with E-state index in [0.29, 0.717) is 17.2 Å². The van der Waals surface area contributed by atoms with Crippen molar-refractivity contribution in [3.8, 4) is 28.5 Å². The summed E-state index contributed by atoms with van der Waals surface area (Å²) < 4.78 is 3.54. The molecule has 0 N–H and O–H groups in total. The minimum absolute atomic E-state index is 0.00589. The average Bonchev–Trinajstić information content (AvgIpc) is 3.46. The highest BCUT2D eigenvalue weighted by Gasteiger charge is 2.23. The highest BCUT2D eigenvalue weighted by atomic mass is 16.2. The summed E-state index contributed by atoms with van der Waals surface area (Å²) in [4.78, 5) is 13.7. The lowest BCUT2D eigenvalue weighted by Gasteiger charge is -2.31. The van der Waals surface area contributed by atoms with Crippen LogP contribution >= 0.6 is 0 Å². The van der Waals surface area contributed by atoms with Crippen LogP contribution in [0.3, 0.4) is 0 Å². The number of hydrogen-bond donors (Lipinski definition) is 0. The SMILES string of the molecule is C=CC(=O)N1CCC(c2ccc(-c3nn4cc(-c5cnn(C)c5)ccc4c3C#N)cc2)CC1. The highest BCUT2D eigenvalue weighted by Crippen LogP contribution is 2.32. The molecule has 1 aliphatic rings. The molecule has 4 heterocycles. The Morgan fingerprint density at radius 3 is 2.45 bits per heavy atom. The van der Waals surface area contributed by atoms with Gasteiger partial charge in [-0.25, -0.2) is 4.52 Å². The largest absolute Gasteiger partial charge is 0.339 e. The number of carbonyl (C=O) groups excluding carboxylic acids is 1. The zero-order chi connectivity index (χ0) is 22.9. The van der Waals surface area contributed by atoms with E-state index in [9.17, 15) is 10.1 Å². The Balaban J connectivity index is 1.41. The van der Waals surface area contributed by atoms with Crippen LogP contribution in [0.25, 0.3) is 27.9 Å². The number of carbonyl (C=O) groups is 1. The lowest BCUT2D eigenvalue weighted by Crippen LogP contribution is -2.36. The first-order valence-corrected chi connectivity index (χ1v) is 11.0. The second-order valence-corrected chi connectivity index (χ2v) is 8.41. The van der Waals surface area contributed by atoms with Gasteiger partial charge in [-0.3, -0.25) is 9.48 Å². The van der Waals surface area contributed by atoms with Gasteiger partial charge in [0.15, 0.2) is 0 Å². The van der Waals surface area contributed by atoms with Gasteiger partial charge in [-0.15, -0.1) is 0 Å². The van der Waals surface area contributed by atoms with Crippen LogP contribution in [0.15, 0.2) is 67.6 Å². The number of likely N-dealkylation sites (tertiary alicyclic amines) is 1. The molecular weight excluding hydrogens is 412 g/mol. The zero-order valence-corrected chi connectivity index (χ0v) is 18.5. The fourth-order valence-electron chi connectivity index (χ4n) is 4.58. The molecule has 0 aliphatic carbocycles. The molecule has 0 radical (unpaired) electrons. The van der Waals surface area contributed by atoms with Crippen LogP contribution in [0.1, 0.15) is 29.9 Å². The van der Waals surface area contributed by atoms with E-state index >= 15 is 0 Å². The van der Waals surface area contributed by atoms with Gasteiger partial charge in [0.2, 0.25) is 5.91 Å². The quantitative estimate of drug-likeness (QED) is 0.450. The van der Waals surface area contributed by atoms with Crippen molar-refractivity contribution < 1.29 is 4.79 Å². The second kappa shape index (κ2) is 8.40. The van der Waals surface area contributed by atoms with Crippen LogP contribution in [-0.4, -0.2) is 43.3 Å². The summed E-state index contributed by atoms with van der Waals surface area (Å²) in [6.07, 6.45) is 8.96.